The Kier molecular flexibility index (Phi) is 5.28. The van der Waals surface area contributed by atoms with Crippen molar-refractivity contribution in [3.8, 4) is 0 Å². The monoisotopic (exact) mass is 328 g/mol. The molecule has 0 saturated carbocycles. The highest BCUT2D eigenvalue weighted by molar-refractivity contribution is 5.94. The third kappa shape index (κ3) is 4.24. The predicted octanol–water partition coefficient (Wildman–Crippen LogP) is 2.79. The highest BCUT2D eigenvalue weighted by Gasteiger charge is 2.32. The summed E-state index contributed by atoms with van der Waals surface area (Å²) in [5.74, 6) is -0.377. The zero-order valence-corrected chi connectivity index (χ0v) is 12.9. The molecule has 0 N–H and O–H groups in total. The zero-order chi connectivity index (χ0) is 17.0. The van der Waals surface area contributed by atoms with Crippen molar-refractivity contribution in [3.63, 3.8) is 0 Å². The van der Waals surface area contributed by atoms with E-state index in [1.165, 1.54) is 17.0 Å². The maximum Gasteiger partial charge on any atom is 0.416 e. The molecule has 1 aliphatic heterocycles. The summed E-state index contributed by atoms with van der Waals surface area (Å²) in [5, 5.41) is 0. The van der Waals surface area contributed by atoms with E-state index in [4.69, 9.17) is 0 Å². The number of halogens is 3. The van der Waals surface area contributed by atoms with Crippen molar-refractivity contribution in [1.82, 2.24) is 9.80 Å². The van der Waals surface area contributed by atoms with Gasteiger partial charge in [0.25, 0.3) is 5.91 Å². The SMILES string of the molecule is CCCC(=O)N1CCN(C(=O)c2cccc(C(F)(F)F)c2)CC1. The van der Waals surface area contributed by atoms with Gasteiger partial charge in [-0.15, -0.1) is 0 Å². The van der Waals surface area contributed by atoms with E-state index in [1.807, 2.05) is 6.92 Å². The molecule has 4 nitrogen and oxygen atoms in total. The number of nitrogens with zero attached hydrogens (tertiary/aromatic N) is 2. The number of alkyl halides is 3. The Morgan fingerprint density at radius 3 is 2.26 bits per heavy atom. The molecule has 1 saturated heterocycles. The van der Waals surface area contributed by atoms with E-state index in [-0.39, 0.29) is 11.5 Å². The minimum absolute atomic E-state index is 0.0214. The van der Waals surface area contributed by atoms with Crippen LogP contribution in [-0.2, 0) is 11.0 Å². The van der Waals surface area contributed by atoms with Crippen LogP contribution in [0.3, 0.4) is 0 Å². The third-order valence-electron chi connectivity index (χ3n) is 3.82. The molecule has 1 aromatic rings. The van der Waals surface area contributed by atoms with Crippen molar-refractivity contribution in [2.45, 2.75) is 25.9 Å². The average molecular weight is 328 g/mol. The van der Waals surface area contributed by atoms with Gasteiger partial charge in [0.15, 0.2) is 0 Å². The van der Waals surface area contributed by atoms with Crippen LogP contribution in [0.5, 0.6) is 0 Å². The smallest absolute Gasteiger partial charge is 0.339 e. The molecule has 0 radical (unpaired) electrons. The topological polar surface area (TPSA) is 40.6 Å². The summed E-state index contributed by atoms with van der Waals surface area (Å²) in [6, 6.07) is 4.43. The molecule has 1 aliphatic rings. The number of carbonyl (C=O) groups is 2. The van der Waals surface area contributed by atoms with Crippen LogP contribution in [0.15, 0.2) is 24.3 Å². The van der Waals surface area contributed by atoms with Crippen LogP contribution in [0.4, 0.5) is 13.2 Å². The molecule has 0 spiro atoms. The van der Waals surface area contributed by atoms with Gasteiger partial charge in [0.1, 0.15) is 0 Å². The first-order chi connectivity index (χ1) is 10.8. The number of hydrogen-bond donors (Lipinski definition) is 0. The summed E-state index contributed by atoms with van der Waals surface area (Å²) in [4.78, 5) is 27.3. The van der Waals surface area contributed by atoms with Gasteiger partial charge in [0.05, 0.1) is 5.56 Å². The second kappa shape index (κ2) is 7.02. The van der Waals surface area contributed by atoms with Gasteiger partial charge in [0, 0.05) is 38.2 Å². The summed E-state index contributed by atoms with van der Waals surface area (Å²) < 4.78 is 38.2. The van der Waals surface area contributed by atoms with Crippen molar-refractivity contribution < 1.29 is 22.8 Å². The molecule has 7 heteroatoms. The predicted molar refractivity (Wildman–Crippen MR) is 78.8 cm³/mol. The lowest BCUT2D eigenvalue weighted by atomic mass is 10.1. The number of piperazine rings is 1. The maximum atomic E-state index is 12.7. The Bertz CT molecular complexity index is 579. The number of rotatable bonds is 3. The normalized spacial score (nSPS) is 15.7. The molecule has 1 heterocycles. The fourth-order valence-corrected chi connectivity index (χ4v) is 2.54. The Balaban J connectivity index is 2.02. The van der Waals surface area contributed by atoms with Crippen LogP contribution >= 0.6 is 0 Å². The molecular formula is C16H19F3N2O2. The van der Waals surface area contributed by atoms with Gasteiger partial charge in [-0.2, -0.15) is 13.2 Å². The van der Waals surface area contributed by atoms with E-state index in [9.17, 15) is 22.8 Å². The highest BCUT2D eigenvalue weighted by atomic mass is 19.4. The standard InChI is InChI=1S/C16H19F3N2O2/c1-2-4-14(22)20-7-9-21(10-8-20)15(23)12-5-3-6-13(11-12)16(17,18)19/h3,5-6,11H,2,4,7-10H2,1H3. The van der Waals surface area contributed by atoms with Crippen LogP contribution in [0.25, 0.3) is 0 Å². The van der Waals surface area contributed by atoms with Crippen molar-refractivity contribution in [2.24, 2.45) is 0 Å². The van der Waals surface area contributed by atoms with Gasteiger partial charge in [-0.05, 0) is 24.6 Å². The summed E-state index contributed by atoms with van der Waals surface area (Å²) >= 11 is 0. The fourth-order valence-electron chi connectivity index (χ4n) is 2.54. The van der Waals surface area contributed by atoms with E-state index in [0.717, 1.165) is 18.6 Å². The molecule has 1 aromatic carbocycles. The van der Waals surface area contributed by atoms with Gasteiger partial charge in [-0.1, -0.05) is 13.0 Å². The summed E-state index contributed by atoms with van der Waals surface area (Å²) in [5.41, 5.74) is -0.812. The summed E-state index contributed by atoms with van der Waals surface area (Å²) in [6.45, 7) is 3.44. The second-order valence-corrected chi connectivity index (χ2v) is 5.50. The van der Waals surface area contributed by atoms with E-state index in [1.54, 1.807) is 4.90 Å². The number of amides is 2. The molecule has 126 valence electrons. The van der Waals surface area contributed by atoms with Gasteiger partial charge < -0.3 is 9.80 Å². The van der Waals surface area contributed by atoms with Gasteiger partial charge in [0.2, 0.25) is 5.91 Å². The van der Waals surface area contributed by atoms with E-state index >= 15 is 0 Å². The van der Waals surface area contributed by atoms with Crippen molar-refractivity contribution >= 4 is 11.8 Å². The van der Waals surface area contributed by atoms with Crippen molar-refractivity contribution in [3.05, 3.63) is 35.4 Å². The number of hydrogen-bond acceptors (Lipinski definition) is 2. The average Bonchev–Trinajstić information content (AvgIpc) is 2.54. The Morgan fingerprint density at radius 1 is 1.09 bits per heavy atom. The summed E-state index contributed by atoms with van der Waals surface area (Å²) in [6.07, 6.45) is -3.23. The first kappa shape index (κ1) is 17.3. The molecule has 0 aliphatic carbocycles. The van der Waals surface area contributed by atoms with Crippen molar-refractivity contribution in [1.29, 1.82) is 0 Å². The van der Waals surface area contributed by atoms with Crippen molar-refractivity contribution in [2.75, 3.05) is 26.2 Å². The van der Waals surface area contributed by atoms with E-state index < -0.39 is 17.6 Å². The number of benzene rings is 1. The Labute approximate surface area is 132 Å². The van der Waals surface area contributed by atoms with Crippen LogP contribution in [0.1, 0.15) is 35.7 Å². The highest BCUT2D eigenvalue weighted by Crippen LogP contribution is 2.29. The maximum absolute atomic E-state index is 12.7. The minimum atomic E-state index is -4.47. The summed E-state index contributed by atoms with van der Waals surface area (Å²) in [7, 11) is 0. The Morgan fingerprint density at radius 2 is 1.70 bits per heavy atom. The molecule has 23 heavy (non-hydrogen) atoms. The minimum Gasteiger partial charge on any atom is -0.339 e. The molecule has 1 fully saturated rings. The first-order valence-corrected chi connectivity index (χ1v) is 7.57. The quantitative estimate of drug-likeness (QED) is 0.856. The lowest BCUT2D eigenvalue weighted by molar-refractivity contribution is -0.137. The van der Waals surface area contributed by atoms with E-state index in [2.05, 4.69) is 0 Å². The van der Waals surface area contributed by atoms with Crippen LogP contribution in [0.2, 0.25) is 0 Å². The molecule has 0 aromatic heterocycles. The van der Waals surface area contributed by atoms with Crippen LogP contribution in [0, 0.1) is 0 Å². The molecule has 0 unspecified atom stereocenters. The van der Waals surface area contributed by atoms with Gasteiger partial charge >= 0.3 is 6.18 Å². The molecule has 2 rings (SSSR count). The molecular weight excluding hydrogens is 309 g/mol. The van der Waals surface area contributed by atoms with E-state index in [0.29, 0.717) is 32.6 Å². The lowest BCUT2D eigenvalue weighted by Gasteiger charge is -2.35. The van der Waals surface area contributed by atoms with Gasteiger partial charge in [-0.3, -0.25) is 9.59 Å². The van der Waals surface area contributed by atoms with Gasteiger partial charge in [-0.25, -0.2) is 0 Å². The fraction of sp³-hybridized carbons (Fsp3) is 0.500. The largest absolute Gasteiger partial charge is 0.416 e. The first-order valence-electron chi connectivity index (χ1n) is 7.57. The molecule has 0 atom stereocenters. The second-order valence-electron chi connectivity index (χ2n) is 5.50. The zero-order valence-electron chi connectivity index (χ0n) is 12.9. The van der Waals surface area contributed by atoms with Crippen LogP contribution < -0.4 is 0 Å². The van der Waals surface area contributed by atoms with Crippen LogP contribution in [-0.4, -0.2) is 47.8 Å². The molecule has 2 amide bonds. The number of carbonyl (C=O) groups excluding carboxylic acids is 2. The Hall–Kier alpha value is -2.05. The molecule has 0 bridgehead atoms. The lowest BCUT2D eigenvalue weighted by Crippen LogP contribution is -2.50. The third-order valence-corrected chi connectivity index (χ3v) is 3.82.